The lowest BCUT2D eigenvalue weighted by Gasteiger charge is -1.98. The lowest BCUT2D eigenvalue weighted by atomic mass is 10.5. The Morgan fingerprint density at radius 1 is 1.62 bits per heavy atom. The van der Waals surface area contributed by atoms with Crippen molar-refractivity contribution >= 4 is 9.84 Å². The van der Waals surface area contributed by atoms with Crippen LogP contribution < -0.4 is 0 Å². The van der Waals surface area contributed by atoms with Crippen LogP contribution in [0.4, 0.5) is 0 Å². The maximum atomic E-state index is 10.3. The molecule has 50 valence electrons. The van der Waals surface area contributed by atoms with Crippen molar-refractivity contribution in [2.45, 2.75) is 13.0 Å². The molecule has 0 fully saturated rings. The molecular formula is C4H10O3S. The second-order valence-electron chi connectivity index (χ2n) is 1.94. The summed E-state index contributed by atoms with van der Waals surface area (Å²) in [6.07, 6.45) is 0.352. The Kier molecular flexibility index (Phi) is 2.43. The Morgan fingerprint density at radius 2 is 2.00 bits per heavy atom. The van der Waals surface area contributed by atoms with E-state index in [0.717, 1.165) is 6.26 Å². The zero-order chi connectivity index (χ0) is 6.78. The Balaban J connectivity index is 3.75. The molecule has 0 radical (unpaired) electrons. The molecule has 0 saturated heterocycles. The quantitative estimate of drug-likeness (QED) is 0.555. The van der Waals surface area contributed by atoms with Crippen LogP contribution in [-0.4, -0.2) is 31.6 Å². The van der Waals surface area contributed by atoms with Gasteiger partial charge in [0, 0.05) is 6.26 Å². The van der Waals surface area contributed by atoms with Gasteiger partial charge in [-0.3, -0.25) is 0 Å². The van der Waals surface area contributed by atoms with Crippen LogP contribution in [0.1, 0.15) is 6.92 Å². The van der Waals surface area contributed by atoms with Crippen molar-refractivity contribution in [2.75, 3.05) is 12.0 Å². The summed E-state index contributed by atoms with van der Waals surface area (Å²) in [5.74, 6) is -0.146. The van der Waals surface area contributed by atoms with Crippen molar-refractivity contribution in [1.82, 2.24) is 0 Å². The van der Waals surface area contributed by atoms with Crippen LogP contribution >= 0.6 is 0 Å². The molecule has 0 amide bonds. The highest BCUT2D eigenvalue weighted by Crippen LogP contribution is 1.86. The fraction of sp³-hybridized carbons (Fsp3) is 1.00. The topological polar surface area (TPSA) is 54.4 Å². The minimum atomic E-state index is -2.97. The smallest absolute Gasteiger partial charge is 0.149 e. The first-order chi connectivity index (χ1) is 3.42. The molecule has 0 bridgehead atoms. The van der Waals surface area contributed by atoms with Crippen molar-refractivity contribution in [3.63, 3.8) is 0 Å². The van der Waals surface area contributed by atoms with Gasteiger partial charge in [0.2, 0.25) is 0 Å². The van der Waals surface area contributed by atoms with Crippen molar-refractivity contribution in [1.29, 1.82) is 0 Å². The van der Waals surface area contributed by atoms with Gasteiger partial charge in [0.05, 0.1) is 11.9 Å². The molecular weight excluding hydrogens is 128 g/mol. The normalized spacial score (nSPS) is 15.9. The summed E-state index contributed by atoms with van der Waals surface area (Å²) in [5, 5.41) is 8.51. The molecule has 0 heterocycles. The van der Waals surface area contributed by atoms with Crippen molar-refractivity contribution in [3.05, 3.63) is 0 Å². The molecule has 1 atom stereocenters. The molecule has 0 aromatic rings. The van der Waals surface area contributed by atoms with Gasteiger partial charge >= 0.3 is 0 Å². The van der Waals surface area contributed by atoms with Gasteiger partial charge in [-0.15, -0.1) is 0 Å². The second-order valence-corrected chi connectivity index (χ2v) is 4.13. The van der Waals surface area contributed by atoms with E-state index in [0.29, 0.717) is 0 Å². The van der Waals surface area contributed by atoms with E-state index in [4.69, 9.17) is 5.11 Å². The summed E-state index contributed by atoms with van der Waals surface area (Å²) in [7, 11) is -2.97. The van der Waals surface area contributed by atoms with E-state index in [-0.39, 0.29) is 5.75 Å². The van der Waals surface area contributed by atoms with Gasteiger partial charge in [-0.05, 0) is 6.92 Å². The summed E-state index contributed by atoms with van der Waals surface area (Å²) in [5.41, 5.74) is 0. The first kappa shape index (κ1) is 7.91. The number of aliphatic hydroxyl groups excluding tert-OH is 1. The highest BCUT2D eigenvalue weighted by Gasteiger charge is 2.05. The summed E-state index contributed by atoms with van der Waals surface area (Å²) in [4.78, 5) is 0. The number of sulfone groups is 1. The van der Waals surface area contributed by atoms with Gasteiger partial charge in [-0.2, -0.15) is 0 Å². The van der Waals surface area contributed by atoms with E-state index in [1.165, 1.54) is 6.92 Å². The molecule has 0 spiro atoms. The molecule has 0 saturated carbocycles. The SMILES string of the molecule is C[C@@H](O)CS(C)(=O)=O. The van der Waals surface area contributed by atoms with Crippen LogP contribution in [0.2, 0.25) is 0 Å². The highest BCUT2D eigenvalue weighted by molar-refractivity contribution is 7.90. The van der Waals surface area contributed by atoms with Crippen LogP contribution in [0, 0.1) is 0 Å². The van der Waals surface area contributed by atoms with Gasteiger partial charge in [0.1, 0.15) is 9.84 Å². The van der Waals surface area contributed by atoms with Gasteiger partial charge in [-0.25, -0.2) is 8.42 Å². The maximum Gasteiger partial charge on any atom is 0.149 e. The molecule has 0 aliphatic carbocycles. The number of aliphatic hydroxyl groups is 1. The van der Waals surface area contributed by atoms with E-state index in [1.807, 2.05) is 0 Å². The molecule has 0 aliphatic rings. The van der Waals surface area contributed by atoms with Gasteiger partial charge < -0.3 is 5.11 Å². The largest absolute Gasteiger partial charge is 0.392 e. The van der Waals surface area contributed by atoms with Gasteiger partial charge in [0.25, 0.3) is 0 Å². The first-order valence-corrected chi connectivity index (χ1v) is 4.33. The summed E-state index contributed by atoms with van der Waals surface area (Å²) in [6.45, 7) is 1.45. The molecule has 0 aromatic heterocycles. The minimum absolute atomic E-state index is 0.146. The molecule has 3 nitrogen and oxygen atoms in total. The average molecular weight is 138 g/mol. The lowest BCUT2D eigenvalue weighted by molar-refractivity contribution is 0.218. The zero-order valence-corrected chi connectivity index (χ0v) is 5.77. The van der Waals surface area contributed by atoms with E-state index in [1.54, 1.807) is 0 Å². The molecule has 8 heavy (non-hydrogen) atoms. The summed E-state index contributed by atoms with van der Waals surface area (Å²) in [6, 6.07) is 0. The number of hydrogen-bond acceptors (Lipinski definition) is 3. The standard InChI is InChI=1S/C4H10O3S/c1-4(5)3-8(2,6)7/h4-5H,3H2,1-2H3/t4-/m1/s1. The molecule has 1 N–H and O–H groups in total. The van der Waals surface area contributed by atoms with Gasteiger partial charge in [0.15, 0.2) is 0 Å². The Hall–Kier alpha value is -0.0900. The predicted molar refractivity (Wildman–Crippen MR) is 31.4 cm³/mol. The molecule has 0 aliphatic heterocycles. The zero-order valence-electron chi connectivity index (χ0n) is 4.96. The predicted octanol–water partition coefficient (Wildman–Crippen LogP) is -0.588. The lowest BCUT2D eigenvalue weighted by Crippen LogP contribution is -2.15. The molecule has 0 rings (SSSR count). The summed E-state index contributed by atoms with van der Waals surface area (Å²) >= 11 is 0. The third-order valence-electron chi connectivity index (χ3n) is 0.544. The van der Waals surface area contributed by atoms with E-state index >= 15 is 0 Å². The Labute approximate surface area is 49.3 Å². The third kappa shape index (κ3) is 5.91. The van der Waals surface area contributed by atoms with Crippen molar-refractivity contribution in [3.8, 4) is 0 Å². The maximum absolute atomic E-state index is 10.3. The van der Waals surface area contributed by atoms with Crippen LogP contribution in [0.15, 0.2) is 0 Å². The Bertz CT molecular complexity index is 145. The van der Waals surface area contributed by atoms with E-state index in [9.17, 15) is 8.42 Å². The van der Waals surface area contributed by atoms with Crippen LogP contribution in [0.3, 0.4) is 0 Å². The number of hydrogen-bond donors (Lipinski definition) is 1. The molecule has 0 unspecified atom stereocenters. The fourth-order valence-electron chi connectivity index (χ4n) is 0.438. The molecule has 0 aromatic carbocycles. The first-order valence-electron chi connectivity index (χ1n) is 2.27. The molecule has 4 heteroatoms. The number of rotatable bonds is 2. The monoisotopic (exact) mass is 138 g/mol. The minimum Gasteiger partial charge on any atom is -0.392 e. The summed E-state index contributed by atoms with van der Waals surface area (Å²) < 4.78 is 20.6. The Morgan fingerprint density at radius 3 is 2.00 bits per heavy atom. The van der Waals surface area contributed by atoms with Crippen LogP contribution in [-0.2, 0) is 9.84 Å². The second kappa shape index (κ2) is 2.46. The van der Waals surface area contributed by atoms with Crippen molar-refractivity contribution < 1.29 is 13.5 Å². The average Bonchev–Trinajstić information content (AvgIpc) is 1.21. The van der Waals surface area contributed by atoms with Crippen molar-refractivity contribution in [2.24, 2.45) is 0 Å². The van der Waals surface area contributed by atoms with E-state index in [2.05, 4.69) is 0 Å². The fourth-order valence-corrected chi connectivity index (χ4v) is 1.31. The highest BCUT2D eigenvalue weighted by atomic mass is 32.2. The van der Waals surface area contributed by atoms with Crippen LogP contribution in [0.25, 0.3) is 0 Å². The van der Waals surface area contributed by atoms with E-state index < -0.39 is 15.9 Å². The van der Waals surface area contributed by atoms with Gasteiger partial charge in [-0.1, -0.05) is 0 Å². The van der Waals surface area contributed by atoms with Crippen LogP contribution in [0.5, 0.6) is 0 Å². The third-order valence-corrected chi connectivity index (χ3v) is 1.63.